The second-order valence-electron chi connectivity index (χ2n) is 3.90. The number of hydrogen-bond acceptors (Lipinski definition) is 6. The third kappa shape index (κ3) is 4.27. The molecule has 1 N–H and O–H groups in total. The van der Waals surface area contributed by atoms with Crippen LogP contribution in [0.3, 0.4) is 0 Å². The number of pyridine rings is 1. The largest absolute Gasteiger partial charge is 0.451 e. The zero-order valence-corrected chi connectivity index (χ0v) is 13.2. The Balaban J connectivity index is 1.89. The topological polar surface area (TPSA) is 85.4 Å². The maximum atomic E-state index is 11.7. The van der Waals surface area contributed by atoms with E-state index in [0.29, 0.717) is 4.88 Å². The van der Waals surface area contributed by atoms with Crippen LogP contribution in [0.1, 0.15) is 20.2 Å². The van der Waals surface area contributed by atoms with Gasteiger partial charge in [-0.15, -0.1) is 11.3 Å². The Morgan fingerprint density at radius 2 is 2.00 bits per heavy atom. The molecular weight excluding hydrogens is 351 g/mol. The van der Waals surface area contributed by atoms with Crippen LogP contribution in [0.4, 0.5) is 0 Å². The van der Waals surface area contributed by atoms with Gasteiger partial charge in [-0.25, -0.2) is 9.78 Å². The third-order valence-electron chi connectivity index (χ3n) is 2.34. The fraction of sp³-hybridized carbons (Fsp3) is 0.0769. The van der Waals surface area contributed by atoms with Gasteiger partial charge in [-0.3, -0.25) is 14.9 Å². The standard InChI is InChI=1S/C13H8Cl2N2O4S/c14-7-3-4-9(15)16-11(7)13(20)21-6-10(18)17-12(19)8-2-1-5-22-8/h1-5H,6H2,(H,17,18,19). The molecule has 22 heavy (non-hydrogen) atoms. The van der Waals surface area contributed by atoms with Gasteiger partial charge < -0.3 is 4.74 Å². The highest BCUT2D eigenvalue weighted by Crippen LogP contribution is 2.17. The van der Waals surface area contributed by atoms with Gasteiger partial charge >= 0.3 is 5.97 Å². The minimum Gasteiger partial charge on any atom is -0.451 e. The van der Waals surface area contributed by atoms with Crippen LogP contribution < -0.4 is 5.32 Å². The Morgan fingerprint density at radius 3 is 2.68 bits per heavy atom. The predicted molar refractivity (Wildman–Crippen MR) is 81.3 cm³/mol. The zero-order chi connectivity index (χ0) is 16.1. The molecule has 0 radical (unpaired) electrons. The highest BCUT2D eigenvalue weighted by Gasteiger charge is 2.17. The average molecular weight is 359 g/mol. The molecule has 0 aliphatic carbocycles. The zero-order valence-electron chi connectivity index (χ0n) is 10.8. The molecule has 0 atom stereocenters. The van der Waals surface area contributed by atoms with Crippen LogP contribution in [-0.4, -0.2) is 29.4 Å². The molecule has 0 bridgehead atoms. The smallest absolute Gasteiger partial charge is 0.359 e. The van der Waals surface area contributed by atoms with Gasteiger partial charge in [0.1, 0.15) is 5.15 Å². The molecule has 2 heterocycles. The number of amides is 2. The summed E-state index contributed by atoms with van der Waals surface area (Å²) < 4.78 is 4.74. The van der Waals surface area contributed by atoms with E-state index < -0.39 is 24.4 Å². The number of esters is 1. The molecule has 2 rings (SSSR count). The lowest BCUT2D eigenvalue weighted by Gasteiger charge is -2.06. The number of hydrogen-bond donors (Lipinski definition) is 1. The average Bonchev–Trinajstić information content (AvgIpc) is 3.01. The van der Waals surface area contributed by atoms with Gasteiger partial charge in [-0.2, -0.15) is 0 Å². The van der Waals surface area contributed by atoms with Crippen LogP contribution in [-0.2, 0) is 9.53 Å². The molecule has 0 unspecified atom stereocenters. The first-order valence-electron chi connectivity index (χ1n) is 5.84. The minimum atomic E-state index is -0.911. The minimum absolute atomic E-state index is 0.0458. The summed E-state index contributed by atoms with van der Waals surface area (Å²) in [5, 5.41) is 3.90. The van der Waals surface area contributed by atoms with Crippen molar-refractivity contribution in [3.63, 3.8) is 0 Å². The van der Waals surface area contributed by atoms with Crippen molar-refractivity contribution in [2.24, 2.45) is 0 Å². The van der Waals surface area contributed by atoms with E-state index in [-0.39, 0.29) is 15.9 Å². The fourth-order valence-corrected chi connectivity index (χ4v) is 2.34. The second-order valence-corrected chi connectivity index (χ2v) is 5.64. The van der Waals surface area contributed by atoms with Gasteiger partial charge in [0, 0.05) is 0 Å². The number of carbonyl (C=O) groups is 3. The molecule has 0 fully saturated rings. The van der Waals surface area contributed by atoms with Crippen LogP contribution >= 0.6 is 34.5 Å². The van der Waals surface area contributed by atoms with E-state index in [4.69, 9.17) is 27.9 Å². The number of halogens is 2. The van der Waals surface area contributed by atoms with Crippen molar-refractivity contribution < 1.29 is 19.1 Å². The van der Waals surface area contributed by atoms with Gasteiger partial charge in [0.15, 0.2) is 12.3 Å². The number of rotatable bonds is 4. The Labute approximate surface area is 139 Å². The van der Waals surface area contributed by atoms with Crippen LogP contribution in [0.25, 0.3) is 0 Å². The normalized spacial score (nSPS) is 10.1. The van der Waals surface area contributed by atoms with Crippen LogP contribution in [0.5, 0.6) is 0 Å². The van der Waals surface area contributed by atoms with Gasteiger partial charge in [-0.1, -0.05) is 29.3 Å². The van der Waals surface area contributed by atoms with E-state index in [2.05, 4.69) is 10.3 Å². The van der Waals surface area contributed by atoms with E-state index in [1.165, 1.54) is 23.5 Å². The van der Waals surface area contributed by atoms with Crippen molar-refractivity contribution in [2.45, 2.75) is 0 Å². The Morgan fingerprint density at radius 1 is 1.23 bits per heavy atom. The molecule has 0 aliphatic rings. The second kappa shape index (κ2) is 7.35. The summed E-state index contributed by atoms with van der Waals surface area (Å²) in [5.74, 6) is -2.23. The van der Waals surface area contributed by atoms with E-state index in [1.54, 1.807) is 17.5 Å². The maximum absolute atomic E-state index is 11.7. The molecule has 2 aromatic rings. The number of aromatic nitrogens is 1. The Kier molecular flexibility index (Phi) is 5.48. The highest BCUT2D eigenvalue weighted by molar-refractivity contribution is 7.12. The first-order chi connectivity index (χ1) is 10.5. The highest BCUT2D eigenvalue weighted by atomic mass is 35.5. The Bertz CT molecular complexity index is 719. The Hall–Kier alpha value is -1.96. The summed E-state index contributed by atoms with van der Waals surface area (Å²) in [6.07, 6.45) is 0. The number of carbonyl (C=O) groups excluding carboxylic acids is 3. The summed E-state index contributed by atoms with van der Waals surface area (Å²) in [6.45, 7) is -0.638. The molecule has 9 heteroatoms. The summed E-state index contributed by atoms with van der Waals surface area (Å²) in [4.78, 5) is 39.0. The predicted octanol–water partition coefficient (Wildman–Crippen LogP) is 2.56. The van der Waals surface area contributed by atoms with Crippen molar-refractivity contribution in [1.82, 2.24) is 10.3 Å². The molecule has 0 spiro atoms. The molecule has 2 amide bonds. The number of nitrogens with zero attached hydrogens (tertiary/aromatic N) is 1. The fourth-order valence-electron chi connectivity index (χ4n) is 1.39. The van der Waals surface area contributed by atoms with E-state index >= 15 is 0 Å². The van der Waals surface area contributed by atoms with Crippen molar-refractivity contribution in [3.05, 3.63) is 50.4 Å². The van der Waals surface area contributed by atoms with Gasteiger partial charge in [-0.05, 0) is 23.6 Å². The summed E-state index contributed by atoms with van der Waals surface area (Å²) in [7, 11) is 0. The van der Waals surface area contributed by atoms with Crippen LogP contribution in [0.15, 0.2) is 29.6 Å². The number of thiophene rings is 1. The lowest BCUT2D eigenvalue weighted by molar-refractivity contribution is -0.123. The lowest BCUT2D eigenvalue weighted by Crippen LogP contribution is -2.33. The van der Waals surface area contributed by atoms with Crippen molar-refractivity contribution in [3.8, 4) is 0 Å². The van der Waals surface area contributed by atoms with Crippen molar-refractivity contribution >= 4 is 52.3 Å². The van der Waals surface area contributed by atoms with Gasteiger partial charge in [0.25, 0.3) is 11.8 Å². The van der Waals surface area contributed by atoms with E-state index in [1.807, 2.05) is 0 Å². The van der Waals surface area contributed by atoms with E-state index in [0.717, 1.165) is 0 Å². The summed E-state index contributed by atoms with van der Waals surface area (Å²) in [5.41, 5.74) is -0.202. The molecule has 0 aromatic carbocycles. The first-order valence-corrected chi connectivity index (χ1v) is 7.48. The number of ether oxygens (including phenoxy) is 1. The third-order valence-corrected chi connectivity index (χ3v) is 3.72. The monoisotopic (exact) mass is 358 g/mol. The molecule has 0 saturated heterocycles. The summed E-state index contributed by atoms with van der Waals surface area (Å²) in [6, 6.07) is 6.03. The molecule has 0 saturated carbocycles. The summed E-state index contributed by atoms with van der Waals surface area (Å²) >= 11 is 12.6. The molecule has 114 valence electrons. The maximum Gasteiger partial charge on any atom is 0.359 e. The van der Waals surface area contributed by atoms with Gasteiger partial charge in [0.2, 0.25) is 0 Å². The molecule has 6 nitrogen and oxygen atoms in total. The molecular formula is C13H8Cl2N2O4S. The SMILES string of the molecule is O=C(COC(=O)c1nc(Cl)ccc1Cl)NC(=O)c1cccs1. The van der Waals surface area contributed by atoms with Crippen LogP contribution in [0, 0.1) is 0 Å². The number of imide groups is 1. The van der Waals surface area contributed by atoms with Gasteiger partial charge in [0.05, 0.1) is 9.90 Å². The molecule has 0 aliphatic heterocycles. The molecule has 2 aromatic heterocycles. The lowest BCUT2D eigenvalue weighted by atomic mass is 10.3. The van der Waals surface area contributed by atoms with E-state index in [9.17, 15) is 14.4 Å². The first kappa shape index (κ1) is 16.4. The number of nitrogens with one attached hydrogen (secondary N) is 1. The van der Waals surface area contributed by atoms with Crippen molar-refractivity contribution in [1.29, 1.82) is 0 Å². The quantitative estimate of drug-likeness (QED) is 0.670. The van der Waals surface area contributed by atoms with Crippen LogP contribution in [0.2, 0.25) is 10.2 Å². The van der Waals surface area contributed by atoms with Crippen molar-refractivity contribution in [2.75, 3.05) is 6.61 Å².